The molecule has 0 aromatic carbocycles. The van der Waals surface area contributed by atoms with E-state index in [0.717, 1.165) is 41.7 Å². The number of nitrogens with zero attached hydrogens (tertiary/aromatic N) is 2. The van der Waals surface area contributed by atoms with Crippen LogP contribution in [0.5, 0.6) is 0 Å². The van der Waals surface area contributed by atoms with Gasteiger partial charge in [-0.15, -0.1) is 0 Å². The Balaban J connectivity index is 2.72. The van der Waals surface area contributed by atoms with Crippen LogP contribution in [0.1, 0.15) is 32.8 Å². The molecular formula is C16H28ClN3S. The fourth-order valence-corrected chi connectivity index (χ4v) is 3.37. The molecule has 0 saturated carbocycles. The molecule has 0 radical (unpaired) electrons. The summed E-state index contributed by atoms with van der Waals surface area (Å²) in [6.07, 6.45) is 5.15. The highest BCUT2D eigenvalue weighted by Crippen LogP contribution is 2.26. The van der Waals surface area contributed by atoms with Crippen LogP contribution in [0.3, 0.4) is 0 Å². The standard InChI is InChI=1S/C16H28ClN3S/c1-6-14(11-21-5)20(4)16-15(17)7-13(10-19-16)9-18-8-12(2)3/h7,10,12,14,18H,6,8-9,11H2,1-5H3. The van der Waals surface area contributed by atoms with E-state index < -0.39 is 0 Å². The van der Waals surface area contributed by atoms with E-state index in [4.69, 9.17) is 11.6 Å². The number of rotatable bonds is 9. The van der Waals surface area contributed by atoms with Gasteiger partial charge in [-0.25, -0.2) is 4.98 Å². The smallest absolute Gasteiger partial charge is 0.147 e. The van der Waals surface area contributed by atoms with E-state index in [9.17, 15) is 0 Å². The predicted octanol–water partition coefficient (Wildman–Crippen LogP) is 4.06. The lowest BCUT2D eigenvalue weighted by atomic mass is 10.2. The molecule has 1 atom stereocenters. The third-order valence-corrected chi connectivity index (χ3v) is 4.47. The van der Waals surface area contributed by atoms with Gasteiger partial charge < -0.3 is 10.2 Å². The minimum absolute atomic E-state index is 0.468. The molecule has 1 unspecified atom stereocenters. The first-order valence-electron chi connectivity index (χ1n) is 7.56. The van der Waals surface area contributed by atoms with Crippen molar-refractivity contribution in [3.05, 3.63) is 22.8 Å². The van der Waals surface area contributed by atoms with Gasteiger partial charge >= 0.3 is 0 Å². The van der Waals surface area contributed by atoms with Gasteiger partial charge in [0.2, 0.25) is 0 Å². The quantitative estimate of drug-likeness (QED) is 0.739. The van der Waals surface area contributed by atoms with Crippen molar-refractivity contribution in [2.45, 2.75) is 39.8 Å². The summed E-state index contributed by atoms with van der Waals surface area (Å²) in [4.78, 5) is 6.77. The number of anilines is 1. The molecule has 5 heteroatoms. The van der Waals surface area contributed by atoms with Crippen molar-refractivity contribution < 1.29 is 0 Å². The summed E-state index contributed by atoms with van der Waals surface area (Å²) in [6.45, 7) is 8.43. The van der Waals surface area contributed by atoms with Crippen LogP contribution in [0.15, 0.2) is 12.3 Å². The molecule has 0 aliphatic rings. The zero-order valence-electron chi connectivity index (χ0n) is 13.8. The summed E-state index contributed by atoms with van der Waals surface area (Å²) in [5, 5.41) is 4.15. The molecule has 3 nitrogen and oxygen atoms in total. The molecule has 1 rings (SSSR count). The summed E-state index contributed by atoms with van der Waals surface area (Å²) < 4.78 is 0. The lowest BCUT2D eigenvalue weighted by Crippen LogP contribution is -2.34. The van der Waals surface area contributed by atoms with Crippen LogP contribution < -0.4 is 10.2 Å². The fraction of sp³-hybridized carbons (Fsp3) is 0.688. The number of aromatic nitrogens is 1. The first-order chi connectivity index (χ1) is 9.99. The molecule has 1 aromatic heterocycles. The van der Waals surface area contributed by atoms with E-state index in [-0.39, 0.29) is 0 Å². The maximum Gasteiger partial charge on any atom is 0.147 e. The van der Waals surface area contributed by atoms with Gasteiger partial charge in [0.15, 0.2) is 0 Å². The Kier molecular flexibility index (Phi) is 8.45. The Morgan fingerprint density at radius 1 is 1.43 bits per heavy atom. The van der Waals surface area contributed by atoms with Crippen LogP contribution in [0.4, 0.5) is 5.82 Å². The molecule has 0 aliphatic heterocycles. The number of halogens is 1. The van der Waals surface area contributed by atoms with Crippen molar-refractivity contribution >= 4 is 29.2 Å². The first kappa shape index (κ1) is 18.6. The third-order valence-electron chi connectivity index (χ3n) is 3.47. The predicted molar refractivity (Wildman–Crippen MR) is 96.7 cm³/mol. The molecule has 0 amide bonds. The normalized spacial score (nSPS) is 12.7. The maximum atomic E-state index is 6.43. The van der Waals surface area contributed by atoms with Gasteiger partial charge in [-0.05, 0) is 36.8 Å². The summed E-state index contributed by atoms with van der Waals surface area (Å²) in [7, 11) is 2.08. The zero-order chi connectivity index (χ0) is 15.8. The van der Waals surface area contributed by atoms with Gasteiger partial charge in [-0.2, -0.15) is 11.8 Å². The Morgan fingerprint density at radius 3 is 2.67 bits per heavy atom. The van der Waals surface area contributed by atoms with Crippen LogP contribution in [0.25, 0.3) is 0 Å². The summed E-state index contributed by atoms with van der Waals surface area (Å²) in [5.41, 5.74) is 1.13. The van der Waals surface area contributed by atoms with E-state index >= 15 is 0 Å². The minimum atomic E-state index is 0.468. The zero-order valence-corrected chi connectivity index (χ0v) is 15.4. The number of hydrogen-bond acceptors (Lipinski definition) is 4. The molecule has 21 heavy (non-hydrogen) atoms. The average molecular weight is 330 g/mol. The second-order valence-corrected chi connectivity index (χ2v) is 7.12. The number of nitrogens with one attached hydrogen (secondary N) is 1. The monoisotopic (exact) mass is 329 g/mol. The summed E-state index contributed by atoms with van der Waals surface area (Å²) in [5.74, 6) is 2.61. The van der Waals surface area contributed by atoms with E-state index in [1.54, 1.807) is 0 Å². The Labute approximate surface area is 138 Å². The molecule has 0 saturated heterocycles. The van der Waals surface area contributed by atoms with Crippen LogP contribution in [0, 0.1) is 5.92 Å². The van der Waals surface area contributed by atoms with Crippen LogP contribution in [-0.4, -0.2) is 36.6 Å². The molecule has 0 fully saturated rings. The molecule has 1 N–H and O–H groups in total. The van der Waals surface area contributed by atoms with Gasteiger partial charge in [0, 0.05) is 31.6 Å². The van der Waals surface area contributed by atoms with Gasteiger partial charge in [-0.1, -0.05) is 32.4 Å². The topological polar surface area (TPSA) is 28.2 Å². The number of hydrogen-bond donors (Lipinski definition) is 1. The highest BCUT2D eigenvalue weighted by molar-refractivity contribution is 7.98. The van der Waals surface area contributed by atoms with Crippen LogP contribution in [-0.2, 0) is 6.54 Å². The highest BCUT2D eigenvalue weighted by atomic mass is 35.5. The maximum absolute atomic E-state index is 6.43. The van der Waals surface area contributed by atoms with E-state index in [2.05, 4.69) is 49.3 Å². The minimum Gasteiger partial charge on any atom is -0.355 e. The Hall–Kier alpha value is -0.450. The second kappa shape index (κ2) is 9.54. The third kappa shape index (κ3) is 6.05. The van der Waals surface area contributed by atoms with Crippen molar-refractivity contribution in [1.82, 2.24) is 10.3 Å². The van der Waals surface area contributed by atoms with Crippen LogP contribution >= 0.6 is 23.4 Å². The lowest BCUT2D eigenvalue weighted by Gasteiger charge is -2.28. The molecule has 1 heterocycles. The average Bonchev–Trinajstić information content (AvgIpc) is 2.44. The lowest BCUT2D eigenvalue weighted by molar-refractivity contribution is 0.552. The first-order valence-corrected chi connectivity index (χ1v) is 9.33. The number of thioether (sulfide) groups is 1. The van der Waals surface area contributed by atoms with Gasteiger partial charge in [0.25, 0.3) is 0 Å². The molecule has 0 bridgehead atoms. The van der Waals surface area contributed by atoms with Gasteiger partial charge in [0.1, 0.15) is 5.82 Å². The summed E-state index contributed by atoms with van der Waals surface area (Å²) >= 11 is 8.29. The number of pyridine rings is 1. The second-order valence-electron chi connectivity index (χ2n) is 5.80. The Morgan fingerprint density at radius 2 is 2.14 bits per heavy atom. The molecule has 0 spiro atoms. The molecule has 120 valence electrons. The van der Waals surface area contributed by atoms with Crippen molar-refractivity contribution in [3.63, 3.8) is 0 Å². The van der Waals surface area contributed by atoms with Crippen molar-refractivity contribution in [1.29, 1.82) is 0 Å². The Bertz CT molecular complexity index is 426. The highest BCUT2D eigenvalue weighted by Gasteiger charge is 2.16. The fourth-order valence-electron chi connectivity index (χ4n) is 2.20. The molecular weight excluding hydrogens is 302 g/mol. The van der Waals surface area contributed by atoms with E-state index in [1.165, 1.54) is 0 Å². The largest absolute Gasteiger partial charge is 0.355 e. The van der Waals surface area contributed by atoms with Gasteiger partial charge in [0.05, 0.1) is 5.02 Å². The molecule has 0 aliphatic carbocycles. The van der Waals surface area contributed by atoms with Crippen molar-refractivity contribution in [2.75, 3.05) is 30.5 Å². The van der Waals surface area contributed by atoms with Crippen molar-refractivity contribution in [3.8, 4) is 0 Å². The van der Waals surface area contributed by atoms with Crippen molar-refractivity contribution in [2.24, 2.45) is 5.92 Å². The molecule has 1 aromatic rings. The van der Waals surface area contributed by atoms with E-state index in [1.807, 2.05) is 24.0 Å². The van der Waals surface area contributed by atoms with E-state index in [0.29, 0.717) is 12.0 Å². The SMILES string of the molecule is CCC(CSC)N(C)c1ncc(CNCC(C)C)cc1Cl. The van der Waals surface area contributed by atoms with Gasteiger partial charge in [-0.3, -0.25) is 0 Å². The summed E-state index contributed by atoms with van der Waals surface area (Å²) in [6, 6.07) is 2.49. The van der Waals surface area contributed by atoms with Crippen LogP contribution in [0.2, 0.25) is 5.02 Å².